The first-order chi connectivity index (χ1) is 9.88. The van der Waals surface area contributed by atoms with Crippen LogP contribution in [0.15, 0.2) is 28.7 Å². The molecule has 0 saturated carbocycles. The average Bonchev–Trinajstić information content (AvgIpc) is 2.39. The van der Waals surface area contributed by atoms with E-state index in [1.165, 1.54) is 0 Å². The Hall–Kier alpha value is -1.56. The third-order valence-corrected chi connectivity index (χ3v) is 3.49. The smallest absolute Gasteiger partial charge is 0.305 e. The summed E-state index contributed by atoms with van der Waals surface area (Å²) >= 11 is 3.33. The lowest BCUT2D eigenvalue weighted by atomic mass is 10.0. The maximum absolute atomic E-state index is 11.8. The summed E-state index contributed by atoms with van der Waals surface area (Å²) in [5, 5.41) is 11.5. The van der Waals surface area contributed by atoms with Crippen molar-refractivity contribution in [3.8, 4) is 5.75 Å². The van der Waals surface area contributed by atoms with E-state index in [2.05, 4.69) is 21.2 Å². The van der Waals surface area contributed by atoms with Gasteiger partial charge in [-0.2, -0.15) is 0 Å². The Kier molecular flexibility index (Phi) is 7.22. The average molecular weight is 358 g/mol. The lowest BCUT2D eigenvalue weighted by Crippen LogP contribution is -2.40. The number of carbonyl (C=O) groups excluding carboxylic acids is 1. The number of halogens is 1. The molecule has 0 aliphatic carbocycles. The highest BCUT2D eigenvalue weighted by Gasteiger charge is 2.19. The van der Waals surface area contributed by atoms with Gasteiger partial charge in [-0.15, -0.1) is 0 Å². The molecule has 0 aromatic heterocycles. The molecule has 1 atom stereocenters. The van der Waals surface area contributed by atoms with Crippen LogP contribution in [0.3, 0.4) is 0 Å². The van der Waals surface area contributed by atoms with E-state index in [4.69, 9.17) is 9.84 Å². The van der Waals surface area contributed by atoms with Crippen LogP contribution in [-0.2, 0) is 9.59 Å². The molecule has 6 heteroatoms. The molecule has 5 nitrogen and oxygen atoms in total. The van der Waals surface area contributed by atoms with Crippen molar-refractivity contribution >= 4 is 27.8 Å². The third kappa shape index (κ3) is 7.13. The zero-order valence-electron chi connectivity index (χ0n) is 12.1. The third-order valence-electron chi connectivity index (χ3n) is 2.96. The Morgan fingerprint density at radius 3 is 2.43 bits per heavy atom. The minimum atomic E-state index is -0.917. The molecular weight excluding hydrogens is 338 g/mol. The number of benzene rings is 1. The lowest BCUT2D eigenvalue weighted by Gasteiger charge is -2.20. The maximum atomic E-state index is 11.8. The van der Waals surface area contributed by atoms with Gasteiger partial charge in [-0.3, -0.25) is 9.59 Å². The number of rotatable bonds is 8. The van der Waals surface area contributed by atoms with Crippen LogP contribution >= 0.6 is 15.9 Å². The van der Waals surface area contributed by atoms with E-state index in [0.717, 1.165) is 4.47 Å². The number of hydrogen-bond donors (Lipinski definition) is 2. The van der Waals surface area contributed by atoms with Crippen molar-refractivity contribution in [1.29, 1.82) is 0 Å². The zero-order valence-corrected chi connectivity index (χ0v) is 13.7. The van der Waals surface area contributed by atoms with Crippen molar-refractivity contribution < 1.29 is 19.4 Å². The van der Waals surface area contributed by atoms with Crippen molar-refractivity contribution in [3.63, 3.8) is 0 Å². The predicted octanol–water partition coefficient (Wildman–Crippen LogP) is 2.83. The van der Waals surface area contributed by atoms with E-state index in [1.807, 2.05) is 38.1 Å². The number of amides is 1. The highest BCUT2D eigenvalue weighted by Crippen LogP contribution is 2.16. The molecule has 0 aliphatic rings. The number of carboxylic acids is 1. The Balaban J connectivity index is 2.35. The first-order valence-electron chi connectivity index (χ1n) is 6.78. The van der Waals surface area contributed by atoms with Gasteiger partial charge in [0, 0.05) is 10.5 Å². The Bertz CT molecular complexity index is 473. The van der Waals surface area contributed by atoms with Gasteiger partial charge >= 0.3 is 5.97 Å². The SMILES string of the molecule is CC(C)C(CC(=O)O)NC(=O)CCOc1ccc(Br)cc1. The molecule has 0 saturated heterocycles. The molecule has 0 radical (unpaired) electrons. The molecule has 21 heavy (non-hydrogen) atoms. The van der Waals surface area contributed by atoms with E-state index < -0.39 is 5.97 Å². The standard InChI is InChI=1S/C15H20BrNO4/c1-10(2)13(9-15(19)20)17-14(18)7-8-21-12-5-3-11(16)4-6-12/h3-6,10,13H,7-9H2,1-2H3,(H,17,18)(H,19,20). The Morgan fingerprint density at radius 2 is 1.90 bits per heavy atom. The topological polar surface area (TPSA) is 75.6 Å². The van der Waals surface area contributed by atoms with Crippen LogP contribution in [0.2, 0.25) is 0 Å². The normalized spacial score (nSPS) is 12.0. The molecular formula is C15H20BrNO4. The second-order valence-corrected chi connectivity index (χ2v) is 5.98. The van der Waals surface area contributed by atoms with Crippen molar-refractivity contribution in [2.45, 2.75) is 32.7 Å². The van der Waals surface area contributed by atoms with Crippen LogP contribution in [0.5, 0.6) is 5.75 Å². The molecule has 0 aliphatic heterocycles. The van der Waals surface area contributed by atoms with Crippen molar-refractivity contribution in [2.24, 2.45) is 5.92 Å². The first-order valence-corrected chi connectivity index (χ1v) is 7.57. The van der Waals surface area contributed by atoms with E-state index in [0.29, 0.717) is 5.75 Å². The van der Waals surface area contributed by atoms with Crippen LogP contribution in [0, 0.1) is 5.92 Å². The van der Waals surface area contributed by atoms with Crippen LogP contribution in [0.1, 0.15) is 26.7 Å². The molecule has 0 fully saturated rings. The second-order valence-electron chi connectivity index (χ2n) is 5.07. The lowest BCUT2D eigenvalue weighted by molar-refractivity contribution is -0.138. The van der Waals surface area contributed by atoms with Gasteiger partial charge in [-0.25, -0.2) is 0 Å². The molecule has 116 valence electrons. The largest absolute Gasteiger partial charge is 0.493 e. The van der Waals surface area contributed by atoms with Crippen molar-refractivity contribution in [1.82, 2.24) is 5.32 Å². The van der Waals surface area contributed by atoms with Crippen LogP contribution in [0.4, 0.5) is 0 Å². The number of aliphatic carboxylic acids is 1. The molecule has 2 N–H and O–H groups in total. The Morgan fingerprint density at radius 1 is 1.29 bits per heavy atom. The van der Waals surface area contributed by atoms with Gasteiger partial charge in [0.2, 0.25) is 5.91 Å². The summed E-state index contributed by atoms with van der Waals surface area (Å²) < 4.78 is 6.42. The number of carbonyl (C=O) groups is 2. The van der Waals surface area contributed by atoms with Crippen molar-refractivity contribution in [2.75, 3.05) is 6.61 Å². The fourth-order valence-electron chi connectivity index (χ4n) is 1.71. The highest BCUT2D eigenvalue weighted by atomic mass is 79.9. The fourth-order valence-corrected chi connectivity index (χ4v) is 1.98. The van der Waals surface area contributed by atoms with Crippen LogP contribution in [-0.4, -0.2) is 29.6 Å². The minimum Gasteiger partial charge on any atom is -0.493 e. The molecule has 0 heterocycles. The van der Waals surface area contributed by atoms with E-state index >= 15 is 0 Å². The van der Waals surface area contributed by atoms with Crippen LogP contribution < -0.4 is 10.1 Å². The van der Waals surface area contributed by atoms with Gasteiger partial charge in [-0.1, -0.05) is 29.8 Å². The monoisotopic (exact) mass is 357 g/mol. The summed E-state index contributed by atoms with van der Waals surface area (Å²) in [6, 6.07) is 6.98. The number of hydrogen-bond acceptors (Lipinski definition) is 3. The fraction of sp³-hybridized carbons (Fsp3) is 0.467. The molecule has 1 unspecified atom stereocenters. The zero-order chi connectivity index (χ0) is 15.8. The summed E-state index contributed by atoms with van der Waals surface area (Å²) in [6.07, 6.45) is 0.121. The predicted molar refractivity (Wildman–Crippen MR) is 83.3 cm³/mol. The highest BCUT2D eigenvalue weighted by molar-refractivity contribution is 9.10. The molecule has 0 spiro atoms. The van der Waals surface area contributed by atoms with Crippen LogP contribution in [0.25, 0.3) is 0 Å². The van der Waals surface area contributed by atoms with Gasteiger partial charge in [0.15, 0.2) is 0 Å². The maximum Gasteiger partial charge on any atom is 0.305 e. The summed E-state index contributed by atoms with van der Waals surface area (Å²) in [5.41, 5.74) is 0. The number of ether oxygens (including phenoxy) is 1. The summed E-state index contributed by atoms with van der Waals surface area (Å²) in [6.45, 7) is 4.02. The van der Waals surface area contributed by atoms with Gasteiger partial charge in [0.1, 0.15) is 5.75 Å². The summed E-state index contributed by atoms with van der Waals surface area (Å²) in [5.74, 6) is -0.360. The van der Waals surface area contributed by atoms with Gasteiger partial charge in [0.25, 0.3) is 0 Å². The van der Waals surface area contributed by atoms with Gasteiger partial charge < -0.3 is 15.2 Å². The number of nitrogens with one attached hydrogen (secondary N) is 1. The molecule has 0 bridgehead atoms. The quantitative estimate of drug-likeness (QED) is 0.749. The van der Waals surface area contributed by atoms with E-state index in [9.17, 15) is 9.59 Å². The molecule has 1 amide bonds. The molecule has 1 aromatic carbocycles. The van der Waals surface area contributed by atoms with E-state index in [-0.39, 0.29) is 37.3 Å². The molecule has 1 aromatic rings. The molecule has 1 rings (SSSR count). The summed E-state index contributed by atoms with van der Waals surface area (Å²) in [4.78, 5) is 22.5. The number of carboxylic acid groups (broad SMARTS) is 1. The van der Waals surface area contributed by atoms with Gasteiger partial charge in [0.05, 0.1) is 19.4 Å². The summed E-state index contributed by atoms with van der Waals surface area (Å²) in [7, 11) is 0. The first kappa shape index (κ1) is 17.5. The Labute approximate surface area is 132 Å². The minimum absolute atomic E-state index is 0.0671. The second kappa shape index (κ2) is 8.67. The van der Waals surface area contributed by atoms with E-state index in [1.54, 1.807) is 0 Å². The van der Waals surface area contributed by atoms with Crippen molar-refractivity contribution in [3.05, 3.63) is 28.7 Å². The van der Waals surface area contributed by atoms with Gasteiger partial charge in [-0.05, 0) is 30.2 Å².